The Balaban J connectivity index is 2.59. The average molecular weight is 269 g/mol. The first-order chi connectivity index (χ1) is 7.04. The summed E-state index contributed by atoms with van der Waals surface area (Å²) >= 11 is 3.35. The van der Waals surface area contributed by atoms with E-state index in [0.29, 0.717) is 6.54 Å². The average Bonchev–Trinajstić information content (AvgIpc) is 2.60. The van der Waals surface area contributed by atoms with Gasteiger partial charge in [0, 0.05) is 12.0 Å². The van der Waals surface area contributed by atoms with Crippen LogP contribution in [-0.4, -0.2) is 11.7 Å². The Hall–Kier alpha value is -0.870. The Morgan fingerprint density at radius 1 is 1.47 bits per heavy atom. The van der Waals surface area contributed by atoms with Crippen molar-refractivity contribution in [3.05, 3.63) is 28.4 Å². The van der Waals surface area contributed by atoms with Gasteiger partial charge in [0.25, 0.3) is 0 Å². The van der Waals surface area contributed by atoms with Crippen molar-refractivity contribution < 1.29 is 4.52 Å². The maximum absolute atomic E-state index is 5.74. The van der Waals surface area contributed by atoms with Gasteiger partial charge in [-0.1, -0.05) is 25.1 Å². The van der Waals surface area contributed by atoms with E-state index >= 15 is 0 Å². The maximum Gasteiger partial charge on any atom is 0.168 e. The summed E-state index contributed by atoms with van der Waals surface area (Å²) in [5, 5.41) is 4.85. The standard InChI is InChI=1S/C11H13BrN2O/c1-11(2,6-13)7-3-4-9-8(5-7)10(12)14-15-9/h3-5H,6,13H2,1-2H3. The van der Waals surface area contributed by atoms with E-state index in [2.05, 4.69) is 41.0 Å². The predicted molar refractivity (Wildman–Crippen MR) is 63.8 cm³/mol. The molecule has 0 amide bonds. The lowest BCUT2D eigenvalue weighted by molar-refractivity contribution is 0.451. The second-order valence-corrected chi connectivity index (χ2v) is 5.02. The highest BCUT2D eigenvalue weighted by atomic mass is 79.9. The molecule has 2 rings (SSSR count). The highest BCUT2D eigenvalue weighted by molar-refractivity contribution is 9.10. The van der Waals surface area contributed by atoms with Crippen molar-refractivity contribution in [1.29, 1.82) is 0 Å². The number of hydrogen-bond donors (Lipinski definition) is 1. The van der Waals surface area contributed by atoms with Crippen LogP contribution in [0.25, 0.3) is 11.0 Å². The summed E-state index contributed by atoms with van der Waals surface area (Å²) in [7, 11) is 0. The lowest BCUT2D eigenvalue weighted by Crippen LogP contribution is -2.27. The lowest BCUT2D eigenvalue weighted by atomic mass is 9.84. The molecule has 0 aliphatic carbocycles. The minimum absolute atomic E-state index is 0.0229. The van der Waals surface area contributed by atoms with Crippen molar-refractivity contribution in [1.82, 2.24) is 5.16 Å². The molecule has 1 aromatic carbocycles. The van der Waals surface area contributed by atoms with Crippen LogP contribution < -0.4 is 5.73 Å². The molecule has 1 aromatic heterocycles. The molecule has 0 saturated carbocycles. The number of hydrogen-bond acceptors (Lipinski definition) is 3. The first kappa shape index (κ1) is 10.6. The van der Waals surface area contributed by atoms with Gasteiger partial charge in [0.2, 0.25) is 0 Å². The highest BCUT2D eigenvalue weighted by Gasteiger charge is 2.19. The van der Waals surface area contributed by atoms with Crippen LogP contribution in [0.15, 0.2) is 27.3 Å². The minimum Gasteiger partial charge on any atom is -0.355 e. The first-order valence-corrected chi connectivity index (χ1v) is 5.59. The topological polar surface area (TPSA) is 52.0 Å². The van der Waals surface area contributed by atoms with Gasteiger partial charge in [-0.3, -0.25) is 0 Å². The SMILES string of the molecule is CC(C)(CN)c1ccc2onc(Br)c2c1. The van der Waals surface area contributed by atoms with E-state index in [1.807, 2.05) is 12.1 Å². The molecule has 0 unspecified atom stereocenters. The molecule has 0 bridgehead atoms. The molecule has 2 aromatic rings. The molecule has 0 spiro atoms. The summed E-state index contributed by atoms with van der Waals surface area (Å²) in [6.07, 6.45) is 0. The quantitative estimate of drug-likeness (QED) is 0.912. The summed E-state index contributed by atoms with van der Waals surface area (Å²) in [4.78, 5) is 0. The molecule has 0 aliphatic heterocycles. The summed E-state index contributed by atoms with van der Waals surface area (Å²) in [5.74, 6) is 0. The van der Waals surface area contributed by atoms with Crippen molar-refractivity contribution >= 4 is 26.9 Å². The van der Waals surface area contributed by atoms with E-state index < -0.39 is 0 Å². The summed E-state index contributed by atoms with van der Waals surface area (Å²) in [6.45, 7) is 4.85. The lowest BCUT2D eigenvalue weighted by Gasteiger charge is -2.22. The van der Waals surface area contributed by atoms with E-state index in [4.69, 9.17) is 10.3 Å². The van der Waals surface area contributed by atoms with E-state index in [1.165, 1.54) is 5.56 Å². The van der Waals surface area contributed by atoms with Crippen LogP contribution in [0, 0.1) is 0 Å². The molecule has 0 fully saturated rings. The van der Waals surface area contributed by atoms with Gasteiger partial charge in [0.1, 0.15) is 0 Å². The van der Waals surface area contributed by atoms with Crippen LogP contribution in [0.2, 0.25) is 0 Å². The van der Waals surface area contributed by atoms with Gasteiger partial charge in [-0.25, -0.2) is 0 Å². The van der Waals surface area contributed by atoms with Gasteiger partial charge >= 0.3 is 0 Å². The minimum atomic E-state index is -0.0229. The molecule has 2 N–H and O–H groups in total. The second kappa shape index (κ2) is 3.61. The maximum atomic E-state index is 5.74. The number of aromatic nitrogens is 1. The molecular formula is C11H13BrN2O. The van der Waals surface area contributed by atoms with Gasteiger partial charge < -0.3 is 10.3 Å². The highest BCUT2D eigenvalue weighted by Crippen LogP contribution is 2.29. The van der Waals surface area contributed by atoms with Crippen molar-refractivity contribution in [2.75, 3.05) is 6.54 Å². The fourth-order valence-corrected chi connectivity index (χ4v) is 1.83. The first-order valence-electron chi connectivity index (χ1n) is 4.80. The van der Waals surface area contributed by atoms with Gasteiger partial charge in [-0.15, -0.1) is 0 Å². The zero-order chi connectivity index (χ0) is 11.1. The van der Waals surface area contributed by atoms with E-state index in [1.54, 1.807) is 0 Å². The van der Waals surface area contributed by atoms with Crippen LogP contribution in [0.3, 0.4) is 0 Å². The van der Waals surface area contributed by atoms with E-state index in [-0.39, 0.29) is 5.41 Å². The molecule has 0 aliphatic rings. The Morgan fingerprint density at radius 3 is 2.87 bits per heavy atom. The third-order valence-electron chi connectivity index (χ3n) is 2.72. The van der Waals surface area contributed by atoms with E-state index in [0.717, 1.165) is 15.6 Å². The van der Waals surface area contributed by atoms with Crippen molar-refractivity contribution in [2.24, 2.45) is 5.73 Å². The Kier molecular flexibility index (Phi) is 2.56. The fourth-order valence-electron chi connectivity index (χ4n) is 1.45. The zero-order valence-electron chi connectivity index (χ0n) is 8.75. The Labute approximate surface area is 96.7 Å². The molecule has 0 radical (unpaired) electrons. The number of halogens is 1. The number of nitrogens with zero attached hydrogens (tertiary/aromatic N) is 1. The number of rotatable bonds is 2. The number of fused-ring (bicyclic) bond motifs is 1. The number of nitrogens with two attached hydrogens (primary N) is 1. The van der Waals surface area contributed by atoms with Crippen LogP contribution in [-0.2, 0) is 5.41 Å². The molecule has 0 atom stereocenters. The number of benzene rings is 1. The third-order valence-corrected chi connectivity index (χ3v) is 3.29. The largest absolute Gasteiger partial charge is 0.355 e. The second-order valence-electron chi connectivity index (χ2n) is 4.27. The van der Waals surface area contributed by atoms with Gasteiger partial charge in [0.05, 0.1) is 5.39 Å². The normalized spacial score (nSPS) is 12.3. The molecular weight excluding hydrogens is 256 g/mol. The van der Waals surface area contributed by atoms with Crippen LogP contribution >= 0.6 is 15.9 Å². The molecule has 1 heterocycles. The summed E-state index contributed by atoms with van der Waals surface area (Å²) in [5.41, 5.74) is 7.71. The van der Waals surface area contributed by atoms with Crippen LogP contribution in [0.5, 0.6) is 0 Å². The molecule has 15 heavy (non-hydrogen) atoms. The van der Waals surface area contributed by atoms with Crippen molar-refractivity contribution in [2.45, 2.75) is 19.3 Å². The van der Waals surface area contributed by atoms with Crippen molar-refractivity contribution in [3.63, 3.8) is 0 Å². The predicted octanol–water partition coefficient (Wildman–Crippen LogP) is 2.83. The molecule has 0 saturated heterocycles. The monoisotopic (exact) mass is 268 g/mol. The van der Waals surface area contributed by atoms with Gasteiger partial charge in [0.15, 0.2) is 10.2 Å². The molecule has 3 nitrogen and oxygen atoms in total. The third kappa shape index (κ3) is 1.79. The van der Waals surface area contributed by atoms with Gasteiger partial charge in [-0.05, 0) is 33.6 Å². The van der Waals surface area contributed by atoms with Crippen molar-refractivity contribution in [3.8, 4) is 0 Å². The molecule has 80 valence electrons. The smallest absolute Gasteiger partial charge is 0.168 e. The fraction of sp³-hybridized carbons (Fsp3) is 0.364. The summed E-state index contributed by atoms with van der Waals surface area (Å²) < 4.78 is 5.86. The molecule has 4 heteroatoms. The van der Waals surface area contributed by atoms with E-state index in [9.17, 15) is 0 Å². The summed E-state index contributed by atoms with van der Waals surface area (Å²) in [6, 6.07) is 6.04. The van der Waals surface area contributed by atoms with Gasteiger partial charge in [-0.2, -0.15) is 0 Å². The zero-order valence-corrected chi connectivity index (χ0v) is 10.3. The Morgan fingerprint density at radius 2 is 2.20 bits per heavy atom. The Bertz CT molecular complexity index is 490. The van der Waals surface area contributed by atoms with Crippen LogP contribution in [0.4, 0.5) is 0 Å². The van der Waals surface area contributed by atoms with Crippen LogP contribution in [0.1, 0.15) is 19.4 Å².